The van der Waals surface area contributed by atoms with Gasteiger partial charge in [0.2, 0.25) is 0 Å². The molecule has 0 amide bonds. The van der Waals surface area contributed by atoms with Gasteiger partial charge >= 0.3 is 0 Å². The molecule has 0 radical (unpaired) electrons. The molecule has 6 heteroatoms. The second kappa shape index (κ2) is 6.13. The minimum Gasteiger partial charge on any atom is -0.486 e. The van der Waals surface area contributed by atoms with Crippen molar-refractivity contribution in [3.8, 4) is 22.8 Å². The molecule has 4 aromatic rings. The first-order chi connectivity index (χ1) is 12.3. The molecule has 4 nitrogen and oxygen atoms in total. The molecule has 0 saturated heterocycles. The average molecular weight is 366 g/mol. The van der Waals surface area contributed by atoms with Crippen LogP contribution in [0.15, 0.2) is 47.8 Å². The molecule has 2 aromatic carbocycles. The molecule has 25 heavy (non-hydrogen) atoms. The van der Waals surface area contributed by atoms with Crippen molar-refractivity contribution in [1.82, 2.24) is 9.97 Å². The van der Waals surface area contributed by atoms with Crippen LogP contribution in [0.2, 0.25) is 0 Å². The number of hydrogen-bond donors (Lipinski definition) is 0. The molecule has 0 spiro atoms. The van der Waals surface area contributed by atoms with Gasteiger partial charge in [0.1, 0.15) is 23.2 Å². The Hall–Kier alpha value is -2.44. The highest BCUT2D eigenvalue weighted by molar-refractivity contribution is 7.18. The van der Waals surface area contributed by atoms with Crippen molar-refractivity contribution in [2.45, 2.75) is 6.42 Å². The number of hydrogen-bond acceptors (Lipinski definition) is 6. The fourth-order valence-corrected chi connectivity index (χ4v) is 4.72. The van der Waals surface area contributed by atoms with Gasteiger partial charge in [-0.25, -0.2) is 9.97 Å². The van der Waals surface area contributed by atoms with Crippen LogP contribution in [0, 0.1) is 0 Å². The number of para-hydroxylation sites is 1. The van der Waals surface area contributed by atoms with Gasteiger partial charge in [0.25, 0.3) is 0 Å². The Labute approximate surface area is 152 Å². The van der Waals surface area contributed by atoms with Gasteiger partial charge in [0, 0.05) is 10.9 Å². The summed E-state index contributed by atoms with van der Waals surface area (Å²) < 4.78 is 12.5. The molecule has 3 heterocycles. The normalized spacial score (nSPS) is 13.3. The smallest absolute Gasteiger partial charge is 0.162 e. The molecule has 0 atom stereocenters. The number of rotatable bonds is 3. The predicted molar refractivity (Wildman–Crippen MR) is 101 cm³/mol. The van der Waals surface area contributed by atoms with Gasteiger partial charge in [-0.2, -0.15) is 0 Å². The quantitative estimate of drug-likeness (QED) is 0.523. The molecule has 0 saturated carbocycles. The van der Waals surface area contributed by atoms with Crippen molar-refractivity contribution in [3.63, 3.8) is 0 Å². The van der Waals surface area contributed by atoms with E-state index in [-0.39, 0.29) is 0 Å². The Morgan fingerprint density at radius 3 is 2.72 bits per heavy atom. The van der Waals surface area contributed by atoms with Crippen LogP contribution in [-0.4, -0.2) is 23.2 Å². The van der Waals surface area contributed by atoms with Crippen molar-refractivity contribution in [2.75, 3.05) is 13.2 Å². The van der Waals surface area contributed by atoms with Gasteiger partial charge in [0.05, 0.1) is 22.3 Å². The monoisotopic (exact) mass is 366 g/mol. The van der Waals surface area contributed by atoms with Crippen LogP contribution in [0.4, 0.5) is 0 Å². The fraction of sp³-hybridized carbons (Fsp3) is 0.158. The second-order valence-corrected chi connectivity index (χ2v) is 7.79. The Bertz CT molecular complexity index is 1020. The number of thiazole rings is 2. The number of fused-ring (bicyclic) bond motifs is 2. The Morgan fingerprint density at radius 2 is 1.80 bits per heavy atom. The SMILES string of the molecule is c1ccc2sc(Cc3nc(-c4ccc5c(c4)OCCO5)cs3)nc2c1. The summed E-state index contributed by atoms with van der Waals surface area (Å²) in [5, 5.41) is 4.27. The van der Waals surface area contributed by atoms with Gasteiger partial charge in [0.15, 0.2) is 11.5 Å². The first kappa shape index (κ1) is 14.9. The summed E-state index contributed by atoms with van der Waals surface area (Å²) in [6.07, 6.45) is 0.772. The molecule has 0 N–H and O–H groups in total. The van der Waals surface area contributed by atoms with E-state index in [1.807, 2.05) is 30.3 Å². The van der Waals surface area contributed by atoms with Gasteiger partial charge in [-0.3, -0.25) is 0 Å². The fourth-order valence-electron chi connectivity index (χ4n) is 2.85. The summed E-state index contributed by atoms with van der Waals surface area (Å²) in [7, 11) is 0. The lowest BCUT2D eigenvalue weighted by atomic mass is 10.1. The van der Waals surface area contributed by atoms with Crippen molar-refractivity contribution < 1.29 is 9.47 Å². The average Bonchev–Trinajstić information content (AvgIpc) is 3.28. The molecule has 0 bridgehead atoms. The summed E-state index contributed by atoms with van der Waals surface area (Å²) >= 11 is 3.40. The Kier molecular flexibility index (Phi) is 3.64. The van der Waals surface area contributed by atoms with Crippen molar-refractivity contribution in [2.24, 2.45) is 0 Å². The zero-order valence-corrected chi connectivity index (χ0v) is 14.9. The van der Waals surface area contributed by atoms with Crippen LogP contribution in [-0.2, 0) is 6.42 Å². The number of aromatic nitrogens is 2. The first-order valence-electron chi connectivity index (χ1n) is 8.04. The summed E-state index contributed by atoms with van der Waals surface area (Å²) in [6.45, 7) is 1.20. The Balaban J connectivity index is 1.41. The highest BCUT2D eigenvalue weighted by atomic mass is 32.1. The zero-order valence-electron chi connectivity index (χ0n) is 13.3. The van der Waals surface area contributed by atoms with E-state index in [0.29, 0.717) is 13.2 Å². The third-order valence-corrected chi connectivity index (χ3v) is 5.92. The standard InChI is InChI=1S/C19H14N2O2S2/c1-2-4-17-13(3-1)20-19(25-17)10-18-21-14(11-24-18)12-5-6-15-16(9-12)23-8-7-22-15/h1-6,9,11H,7-8,10H2. The lowest BCUT2D eigenvalue weighted by Crippen LogP contribution is -2.15. The van der Waals surface area contributed by atoms with Gasteiger partial charge in [-0.1, -0.05) is 12.1 Å². The number of nitrogens with zero attached hydrogens (tertiary/aromatic N) is 2. The molecule has 2 aromatic heterocycles. The molecular formula is C19H14N2O2S2. The van der Waals surface area contributed by atoms with E-state index in [2.05, 4.69) is 17.5 Å². The summed E-state index contributed by atoms with van der Waals surface area (Å²) in [5.41, 5.74) is 3.08. The molecule has 1 aliphatic rings. The van der Waals surface area contributed by atoms with Gasteiger partial charge in [-0.15, -0.1) is 22.7 Å². The molecule has 0 fully saturated rings. The Morgan fingerprint density at radius 1 is 0.920 bits per heavy atom. The van der Waals surface area contributed by atoms with Crippen LogP contribution in [0.1, 0.15) is 10.0 Å². The largest absolute Gasteiger partial charge is 0.486 e. The molecule has 124 valence electrons. The maximum absolute atomic E-state index is 5.66. The molecule has 0 aliphatic carbocycles. The van der Waals surface area contributed by atoms with E-state index in [1.54, 1.807) is 22.7 Å². The number of ether oxygens (including phenoxy) is 2. The number of benzene rings is 2. The van der Waals surface area contributed by atoms with Crippen LogP contribution in [0.5, 0.6) is 11.5 Å². The van der Waals surface area contributed by atoms with E-state index < -0.39 is 0 Å². The van der Waals surface area contributed by atoms with Gasteiger partial charge in [-0.05, 0) is 30.3 Å². The van der Waals surface area contributed by atoms with E-state index in [4.69, 9.17) is 19.4 Å². The topological polar surface area (TPSA) is 44.2 Å². The van der Waals surface area contributed by atoms with E-state index in [9.17, 15) is 0 Å². The molecule has 5 rings (SSSR count). The second-order valence-electron chi connectivity index (χ2n) is 5.74. The maximum Gasteiger partial charge on any atom is 0.162 e. The highest BCUT2D eigenvalue weighted by Crippen LogP contribution is 2.35. The van der Waals surface area contributed by atoms with E-state index in [0.717, 1.165) is 44.7 Å². The first-order valence-corrected chi connectivity index (χ1v) is 9.74. The van der Waals surface area contributed by atoms with Crippen LogP contribution in [0.25, 0.3) is 21.5 Å². The third-order valence-electron chi connectivity index (χ3n) is 4.03. The van der Waals surface area contributed by atoms with Crippen molar-refractivity contribution in [1.29, 1.82) is 0 Å². The maximum atomic E-state index is 5.66. The van der Waals surface area contributed by atoms with Crippen molar-refractivity contribution in [3.05, 3.63) is 57.9 Å². The summed E-state index contributed by atoms with van der Waals surface area (Å²) in [6, 6.07) is 14.2. The van der Waals surface area contributed by atoms with E-state index in [1.165, 1.54) is 4.70 Å². The third kappa shape index (κ3) is 2.88. The van der Waals surface area contributed by atoms with Crippen LogP contribution >= 0.6 is 22.7 Å². The minimum atomic E-state index is 0.594. The predicted octanol–water partition coefficient (Wildman–Crippen LogP) is 4.78. The summed E-state index contributed by atoms with van der Waals surface area (Å²) in [5.74, 6) is 1.60. The van der Waals surface area contributed by atoms with Crippen LogP contribution < -0.4 is 9.47 Å². The minimum absolute atomic E-state index is 0.594. The van der Waals surface area contributed by atoms with Gasteiger partial charge < -0.3 is 9.47 Å². The zero-order chi connectivity index (χ0) is 16.6. The van der Waals surface area contributed by atoms with Crippen molar-refractivity contribution >= 4 is 32.9 Å². The lowest BCUT2D eigenvalue weighted by Gasteiger charge is -2.18. The van der Waals surface area contributed by atoms with Crippen LogP contribution in [0.3, 0.4) is 0 Å². The highest BCUT2D eigenvalue weighted by Gasteiger charge is 2.14. The lowest BCUT2D eigenvalue weighted by molar-refractivity contribution is 0.171. The summed E-state index contributed by atoms with van der Waals surface area (Å²) in [4.78, 5) is 9.48. The molecule has 0 unspecified atom stereocenters. The molecular weight excluding hydrogens is 352 g/mol. The van der Waals surface area contributed by atoms with E-state index >= 15 is 0 Å². The molecule has 1 aliphatic heterocycles.